The SMILES string of the molecule is C[C@H](N)C(=O)N1CCOC(c2ccccc2Br)C1. The summed E-state index contributed by atoms with van der Waals surface area (Å²) >= 11 is 3.51. The molecule has 1 saturated heterocycles. The van der Waals surface area contributed by atoms with Crippen molar-refractivity contribution >= 4 is 21.8 Å². The Labute approximate surface area is 115 Å². The van der Waals surface area contributed by atoms with E-state index < -0.39 is 6.04 Å². The zero-order chi connectivity index (χ0) is 13.1. The van der Waals surface area contributed by atoms with Crippen molar-refractivity contribution in [3.63, 3.8) is 0 Å². The van der Waals surface area contributed by atoms with Gasteiger partial charge in [-0.25, -0.2) is 0 Å². The van der Waals surface area contributed by atoms with Gasteiger partial charge in [-0.2, -0.15) is 0 Å². The van der Waals surface area contributed by atoms with E-state index in [1.807, 2.05) is 24.3 Å². The van der Waals surface area contributed by atoms with E-state index in [0.29, 0.717) is 19.7 Å². The minimum atomic E-state index is -0.456. The van der Waals surface area contributed by atoms with Crippen LogP contribution in [-0.2, 0) is 9.53 Å². The van der Waals surface area contributed by atoms with E-state index in [2.05, 4.69) is 15.9 Å². The van der Waals surface area contributed by atoms with Crippen molar-refractivity contribution < 1.29 is 9.53 Å². The highest BCUT2D eigenvalue weighted by Gasteiger charge is 2.27. The molecule has 1 amide bonds. The molecule has 1 fully saturated rings. The van der Waals surface area contributed by atoms with Gasteiger partial charge in [0.1, 0.15) is 6.10 Å². The van der Waals surface area contributed by atoms with Crippen LogP contribution < -0.4 is 5.73 Å². The van der Waals surface area contributed by atoms with E-state index >= 15 is 0 Å². The molecule has 0 aromatic heterocycles. The molecule has 1 aliphatic rings. The highest BCUT2D eigenvalue weighted by molar-refractivity contribution is 9.10. The van der Waals surface area contributed by atoms with Gasteiger partial charge in [-0.15, -0.1) is 0 Å². The second kappa shape index (κ2) is 5.82. The van der Waals surface area contributed by atoms with Crippen molar-refractivity contribution in [1.29, 1.82) is 0 Å². The molecule has 0 saturated carbocycles. The molecule has 2 atom stereocenters. The maximum atomic E-state index is 11.9. The second-order valence-electron chi connectivity index (χ2n) is 4.45. The average Bonchev–Trinajstić information content (AvgIpc) is 2.38. The van der Waals surface area contributed by atoms with Crippen molar-refractivity contribution in [3.8, 4) is 0 Å². The van der Waals surface area contributed by atoms with Gasteiger partial charge in [0.15, 0.2) is 0 Å². The quantitative estimate of drug-likeness (QED) is 0.904. The van der Waals surface area contributed by atoms with Gasteiger partial charge in [0.25, 0.3) is 0 Å². The lowest BCUT2D eigenvalue weighted by molar-refractivity contribution is -0.140. The number of halogens is 1. The number of morpholine rings is 1. The largest absolute Gasteiger partial charge is 0.370 e. The van der Waals surface area contributed by atoms with Gasteiger partial charge in [0.2, 0.25) is 5.91 Å². The Morgan fingerprint density at radius 2 is 2.28 bits per heavy atom. The maximum absolute atomic E-state index is 11.9. The van der Waals surface area contributed by atoms with Crippen LogP contribution in [0.3, 0.4) is 0 Å². The number of nitrogens with two attached hydrogens (primary N) is 1. The molecule has 1 aliphatic heterocycles. The van der Waals surface area contributed by atoms with Gasteiger partial charge in [-0.1, -0.05) is 34.1 Å². The number of nitrogens with zero attached hydrogens (tertiary/aromatic N) is 1. The summed E-state index contributed by atoms with van der Waals surface area (Å²) in [4.78, 5) is 13.7. The fourth-order valence-corrected chi connectivity index (χ4v) is 2.60. The van der Waals surface area contributed by atoms with E-state index in [4.69, 9.17) is 10.5 Å². The van der Waals surface area contributed by atoms with Gasteiger partial charge in [0.05, 0.1) is 19.2 Å². The first-order valence-corrected chi connectivity index (χ1v) is 6.79. The summed E-state index contributed by atoms with van der Waals surface area (Å²) in [6.45, 7) is 3.43. The summed E-state index contributed by atoms with van der Waals surface area (Å²) in [5.41, 5.74) is 6.71. The van der Waals surface area contributed by atoms with Crippen molar-refractivity contribution in [1.82, 2.24) is 4.90 Å². The molecule has 98 valence electrons. The summed E-state index contributed by atoms with van der Waals surface area (Å²) in [6.07, 6.45) is -0.0861. The Bertz CT molecular complexity index is 437. The number of rotatable bonds is 2. The third-order valence-corrected chi connectivity index (χ3v) is 3.74. The smallest absolute Gasteiger partial charge is 0.239 e. The molecular formula is C13H17BrN2O2. The van der Waals surface area contributed by atoms with Crippen LogP contribution in [0.25, 0.3) is 0 Å². The van der Waals surface area contributed by atoms with Gasteiger partial charge >= 0.3 is 0 Å². The number of amides is 1. The van der Waals surface area contributed by atoms with Crippen LogP contribution in [0, 0.1) is 0 Å². The third-order valence-electron chi connectivity index (χ3n) is 3.02. The molecule has 1 aromatic rings. The van der Waals surface area contributed by atoms with Crippen molar-refractivity contribution in [2.45, 2.75) is 19.1 Å². The molecular weight excluding hydrogens is 296 g/mol. The van der Waals surface area contributed by atoms with Crippen molar-refractivity contribution in [2.24, 2.45) is 5.73 Å². The molecule has 5 heteroatoms. The van der Waals surface area contributed by atoms with Gasteiger partial charge in [-0.05, 0) is 18.6 Å². The number of carbonyl (C=O) groups excluding carboxylic acids is 1. The summed E-state index contributed by atoms with van der Waals surface area (Å²) in [7, 11) is 0. The van der Waals surface area contributed by atoms with E-state index in [1.54, 1.807) is 11.8 Å². The molecule has 0 aliphatic carbocycles. The Hall–Kier alpha value is -0.910. The highest BCUT2D eigenvalue weighted by Crippen LogP contribution is 2.28. The van der Waals surface area contributed by atoms with Crippen LogP contribution in [0.15, 0.2) is 28.7 Å². The zero-order valence-corrected chi connectivity index (χ0v) is 11.9. The second-order valence-corrected chi connectivity index (χ2v) is 5.31. The number of hydrogen-bond donors (Lipinski definition) is 1. The Kier molecular flexibility index (Phi) is 4.37. The third kappa shape index (κ3) is 2.91. The van der Waals surface area contributed by atoms with Gasteiger partial charge in [0, 0.05) is 11.0 Å². The predicted octanol–water partition coefficient (Wildman–Crippen LogP) is 1.70. The average molecular weight is 313 g/mol. The standard InChI is InChI=1S/C13H17BrN2O2/c1-9(15)13(17)16-6-7-18-12(8-16)10-4-2-3-5-11(10)14/h2-5,9,12H,6-8,15H2,1H3/t9-,12?/m0/s1. The number of ether oxygens (including phenoxy) is 1. The lowest BCUT2D eigenvalue weighted by Crippen LogP contribution is -2.48. The first-order valence-electron chi connectivity index (χ1n) is 6.00. The molecule has 1 aromatic carbocycles. The molecule has 4 nitrogen and oxygen atoms in total. The zero-order valence-electron chi connectivity index (χ0n) is 10.3. The van der Waals surface area contributed by atoms with Crippen LogP contribution in [0.1, 0.15) is 18.6 Å². The first kappa shape index (κ1) is 13.5. The molecule has 18 heavy (non-hydrogen) atoms. The maximum Gasteiger partial charge on any atom is 0.239 e. The lowest BCUT2D eigenvalue weighted by atomic mass is 10.1. The Balaban J connectivity index is 2.12. The highest BCUT2D eigenvalue weighted by atomic mass is 79.9. The summed E-state index contributed by atoms with van der Waals surface area (Å²) in [5.74, 6) is -0.0182. The van der Waals surface area contributed by atoms with Crippen LogP contribution >= 0.6 is 15.9 Å². The molecule has 0 spiro atoms. The lowest BCUT2D eigenvalue weighted by Gasteiger charge is -2.34. The van der Waals surface area contributed by atoms with Crippen LogP contribution in [0.4, 0.5) is 0 Å². The summed E-state index contributed by atoms with van der Waals surface area (Å²) in [6, 6.07) is 7.46. The fourth-order valence-electron chi connectivity index (χ4n) is 2.06. The number of hydrogen-bond acceptors (Lipinski definition) is 3. The van der Waals surface area contributed by atoms with E-state index in [-0.39, 0.29) is 12.0 Å². The normalized spacial score (nSPS) is 21.7. The minimum absolute atomic E-state index is 0.0182. The molecule has 1 unspecified atom stereocenters. The van der Waals surface area contributed by atoms with E-state index in [0.717, 1.165) is 10.0 Å². The minimum Gasteiger partial charge on any atom is -0.370 e. The Morgan fingerprint density at radius 1 is 1.56 bits per heavy atom. The summed E-state index contributed by atoms with van der Waals surface area (Å²) < 4.78 is 6.74. The van der Waals surface area contributed by atoms with Crippen molar-refractivity contribution in [3.05, 3.63) is 34.3 Å². The molecule has 0 radical (unpaired) electrons. The van der Waals surface area contributed by atoms with Gasteiger partial charge < -0.3 is 15.4 Å². The number of benzene rings is 1. The summed E-state index contributed by atoms with van der Waals surface area (Å²) in [5, 5.41) is 0. The molecule has 0 bridgehead atoms. The van der Waals surface area contributed by atoms with Crippen LogP contribution in [0.2, 0.25) is 0 Å². The number of carbonyl (C=O) groups is 1. The molecule has 2 rings (SSSR count). The van der Waals surface area contributed by atoms with E-state index in [1.165, 1.54) is 0 Å². The van der Waals surface area contributed by atoms with E-state index in [9.17, 15) is 4.79 Å². The topological polar surface area (TPSA) is 55.6 Å². The fraction of sp³-hybridized carbons (Fsp3) is 0.462. The van der Waals surface area contributed by atoms with Crippen LogP contribution in [-0.4, -0.2) is 36.5 Å². The molecule has 1 heterocycles. The predicted molar refractivity (Wildman–Crippen MR) is 73.1 cm³/mol. The monoisotopic (exact) mass is 312 g/mol. The first-order chi connectivity index (χ1) is 8.59. The van der Waals surface area contributed by atoms with Crippen molar-refractivity contribution in [2.75, 3.05) is 19.7 Å². The molecule has 2 N–H and O–H groups in total. The van der Waals surface area contributed by atoms with Crippen LogP contribution in [0.5, 0.6) is 0 Å². The van der Waals surface area contributed by atoms with Gasteiger partial charge in [-0.3, -0.25) is 4.79 Å². The Morgan fingerprint density at radius 3 is 2.94 bits per heavy atom.